The van der Waals surface area contributed by atoms with Gasteiger partial charge >= 0.3 is 0 Å². The third-order valence-corrected chi connectivity index (χ3v) is 4.75. The standard InChI is InChI=1S/C13H21N3O2/c1-13(4-5-14-8-13)12(18)16-6-2-3-9-10(16)7-15-11(9)17/h9-10,14H,2-8H2,1H3,(H,15,17). The lowest BCUT2D eigenvalue weighted by atomic mass is 9.84. The molecule has 2 amide bonds. The summed E-state index contributed by atoms with van der Waals surface area (Å²) in [6.45, 7) is 5.18. The van der Waals surface area contributed by atoms with Crippen molar-refractivity contribution >= 4 is 11.8 Å². The largest absolute Gasteiger partial charge is 0.354 e. The van der Waals surface area contributed by atoms with Gasteiger partial charge in [-0.3, -0.25) is 9.59 Å². The molecule has 100 valence electrons. The Kier molecular flexibility index (Phi) is 2.81. The van der Waals surface area contributed by atoms with Crippen molar-refractivity contribution in [3.05, 3.63) is 0 Å². The zero-order valence-electron chi connectivity index (χ0n) is 10.9. The quantitative estimate of drug-likeness (QED) is 0.674. The van der Waals surface area contributed by atoms with E-state index < -0.39 is 0 Å². The molecule has 0 aromatic carbocycles. The minimum Gasteiger partial charge on any atom is -0.354 e. The van der Waals surface area contributed by atoms with Gasteiger partial charge in [-0.05, 0) is 32.7 Å². The maximum Gasteiger partial charge on any atom is 0.230 e. The van der Waals surface area contributed by atoms with E-state index in [2.05, 4.69) is 10.6 Å². The highest BCUT2D eigenvalue weighted by atomic mass is 16.2. The summed E-state index contributed by atoms with van der Waals surface area (Å²) in [5, 5.41) is 6.17. The highest BCUT2D eigenvalue weighted by Gasteiger charge is 2.47. The normalized spacial score (nSPS) is 39.6. The lowest BCUT2D eigenvalue weighted by Gasteiger charge is -2.40. The molecule has 2 N–H and O–H groups in total. The van der Waals surface area contributed by atoms with Crippen molar-refractivity contribution in [2.75, 3.05) is 26.2 Å². The molecular weight excluding hydrogens is 230 g/mol. The van der Waals surface area contributed by atoms with Gasteiger partial charge in [0.1, 0.15) is 0 Å². The van der Waals surface area contributed by atoms with E-state index in [0.717, 1.165) is 38.9 Å². The van der Waals surface area contributed by atoms with E-state index in [0.29, 0.717) is 6.54 Å². The Bertz CT molecular complexity index is 376. The van der Waals surface area contributed by atoms with Crippen LogP contribution in [-0.4, -0.2) is 48.9 Å². The van der Waals surface area contributed by atoms with Gasteiger partial charge in [0.15, 0.2) is 0 Å². The summed E-state index contributed by atoms with van der Waals surface area (Å²) >= 11 is 0. The minimum absolute atomic E-state index is 0.0284. The number of piperidine rings is 1. The predicted octanol–water partition coefficient (Wildman–Crippen LogP) is -0.277. The maximum atomic E-state index is 12.7. The van der Waals surface area contributed by atoms with Crippen molar-refractivity contribution in [3.63, 3.8) is 0 Å². The molecule has 3 heterocycles. The molecule has 0 bridgehead atoms. The lowest BCUT2D eigenvalue weighted by molar-refractivity contribution is -0.145. The van der Waals surface area contributed by atoms with E-state index in [9.17, 15) is 9.59 Å². The average molecular weight is 251 g/mol. The number of rotatable bonds is 1. The van der Waals surface area contributed by atoms with E-state index in [1.54, 1.807) is 0 Å². The topological polar surface area (TPSA) is 61.4 Å². The Morgan fingerprint density at radius 3 is 3.06 bits per heavy atom. The zero-order valence-corrected chi connectivity index (χ0v) is 10.9. The van der Waals surface area contributed by atoms with Crippen LogP contribution in [0.3, 0.4) is 0 Å². The molecule has 0 spiro atoms. The summed E-state index contributed by atoms with van der Waals surface area (Å²) in [7, 11) is 0. The van der Waals surface area contributed by atoms with Crippen LogP contribution in [-0.2, 0) is 9.59 Å². The molecule has 3 unspecified atom stereocenters. The molecule has 3 aliphatic rings. The number of hydrogen-bond donors (Lipinski definition) is 2. The number of fused-ring (bicyclic) bond motifs is 1. The third kappa shape index (κ3) is 1.72. The second-order valence-electron chi connectivity index (χ2n) is 6.05. The number of carbonyl (C=O) groups excluding carboxylic acids is 2. The van der Waals surface area contributed by atoms with Crippen molar-refractivity contribution in [2.45, 2.75) is 32.2 Å². The highest BCUT2D eigenvalue weighted by molar-refractivity contribution is 5.87. The predicted molar refractivity (Wildman–Crippen MR) is 66.8 cm³/mol. The van der Waals surface area contributed by atoms with E-state index in [1.807, 2.05) is 11.8 Å². The third-order valence-electron chi connectivity index (χ3n) is 4.75. The van der Waals surface area contributed by atoms with Gasteiger partial charge in [-0.15, -0.1) is 0 Å². The van der Waals surface area contributed by atoms with Crippen LogP contribution in [0.2, 0.25) is 0 Å². The number of amides is 2. The molecule has 5 heteroatoms. The number of nitrogens with zero attached hydrogens (tertiary/aromatic N) is 1. The summed E-state index contributed by atoms with van der Waals surface area (Å²) in [5.41, 5.74) is -0.270. The molecule has 3 saturated heterocycles. The Morgan fingerprint density at radius 2 is 2.33 bits per heavy atom. The summed E-state index contributed by atoms with van der Waals surface area (Å²) in [5.74, 6) is 0.395. The van der Waals surface area contributed by atoms with Gasteiger partial charge < -0.3 is 15.5 Å². The van der Waals surface area contributed by atoms with Gasteiger partial charge in [-0.25, -0.2) is 0 Å². The van der Waals surface area contributed by atoms with Crippen molar-refractivity contribution in [3.8, 4) is 0 Å². The van der Waals surface area contributed by atoms with Crippen LogP contribution in [0.5, 0.6) is 0 Å². The zero-order chi connectivity index (χ0) is 12.8. The maximum absolute atomic E-state index is 12.7. The van der Waals surface area contributed by atoms with Gasteiger partial charge in [0.05, 0.1) is 17.4 Å². The van der Waals surface area contributed by atoms with Crippen LogP contribution < -0.4 is 10.6 Å². The Morgan fingerprint density at radius 1 is 1.50 bits per heavy atom. The summed E-state index contributed by atoms with van der Waals surface area (Å²) < 4.78 is 0. The monoisotopic (exact) mass is 251 g/mol. The van der Waals surface area contributed by atoms with Crippen molar-refractivity contribution in [1.82, 2.24) is 15.5 Å². The first-order valence-corrected chi connectivity index (χ1v) is 6.91. The fourth-order valence-corrected chi connectivity index (χ4v) is 3.55. The summed E-state index contributed by atoms with van der Waals surface area (Å²) in [4.78, 5) is 26.4. The van der Waals surface area contributed by atoms with Gasteiger partial charge in [-0.2, -0.15) is 0 Å². The fourth-order valence-electron chi connectivity index (χ4n) is 3.55. The molecule has 3 fully saturated rings. The van der Waals surface area contributed by atoms with Crippen LogP contribution in [0.25, 0.3) is 0 Å². The van der Waals surface area contributed by atoms with Crippen LogP contribution in [0.1, 0.15) is 26.2 Å². The van der Waals surface area contributed by atoms with E-state index >= 15 is 0 Å². The average Bonchev–Trinajstić information content (AvgIpc) is 2.97. The van der Waals surface area contributed by atoms with Crippen LogP contribution >= 0.6 is 0 Å². The van der Waals surface area contributed by atoms with E-state index in [4.69, 9.17) is 0 Å². The Balaban J connectivity index is 1.79. The van der Waals surface area contributed by atoms with Crippen LogP contribution in [0.4, 0.5) is 0 Å². The minimum atomic E-state index is -0.270. The molecule has 0 aromatic heterocycles. The molecule has 3 rings (SSSR count). The van der Waals surface area contributed by atoms with Crippen molar-refractivity contribution in [2.24, 2.45) is 11.3 Å². The Labute approximate surface area is 107 Å². The molecule has 0 saturated carbocycles. The van der Waals surface area contributed by atoms with Crippen LogP contribution in [0, 0.1) is 11.3 Å². The fraction of sp³-hybridized carbons (Fsp3) is 0.846. The van der Waals surface area contributed by atoms with E-state index in [1.165, 1.54) is 0 Å². The van der Waals surface area contributed by atoms with Gasteiger partial charge in [0.2, 0.25) is 11.8 Å². The first-order chi connectivity index (χ1) is 8.62. The second kappa shape index (κ2) is 4.23. The Hall–Kier alpha value is -1.10. The SMILES string of the molecule is CC1(C(=O)N2CCCC3C(=O)NCC32)CCNC1. The van der Waals surface area contributed by atoms with E-state index in [-0.39, 0.29) is 29.2 Å². The molecule has 0 radical (unpaired) electrons. The smallest absolute Gasteiger partial charge is 0.230 e. The molecule has 0 aliphatic carbocycles. The molecule has 3 aliphatic heterocycles. The van der Waals surface area contributed by atoms with Gasteiger partial charge in [0.25, 0.3) is 0 Å². The highest BCUT2D eigenvalue weighted by Crippen LogP contribution is 2.33. The number of likely N-dealkylation sites (tertiary alicyclic amines) is 1. The van der Waals surface area contributed by atoms with Gasteiger partial charge in [0, 0.05) is 19.6 Å². The van der Waals surface area contributed by atoms with Crippen LogP contribution in [0.15, 0.2) is 0 Å². The van der Waals surface area contributed by atoms with Crippen molar-refractivity contribution < 1.29 is 9.59 Å². The molecule has 5 nitrogen and oxygen atoms in total. The lowest BCUT2D eigenvalue weighted by Crippen LogP contribution is -2.53. The number of carbonyl (C=O) groups is 2. The first-order valence-electron chi connectivity index (χ1n) is 6.91. The molecule has 0 aromatic rings. The molecular formula is C13H21N3O2. The number of hydrogen-bond acceptors (Lipinski definition) is 3. The number of nitrogens with one attached hydrogen (secondary N) is 2. The molecule has 3 atom stereocenters. The summed E-state index contributed by atoms with van der Waals surface area (Å²) in [6.07, 6.45) is 2.78. The summed E-state index contributed by atoms with van der Waals surface area (Å²) in [6, 6.07) is 0.0937. The second-order valence-corrected chi connectivity index (χ2v) is 6.05. The molecule has 18 heavy (non-hydrogen) atoms. The first kappa shape index (κ1) is 12.0. The van der Waals surface area contributed by atoms with Crippen molar-refractivity contribution in [1.29, 1.82) is 0 Å². The van der Waals surface area contributed by atoms with Gasteiger partial charge in [-0.1, -0.05) is 0 Å².